The molecule has 1 aromatic rings. The van der Waals surface area contributed by atoms with Gasteiger partial charge in [0.2, 0.25) is 0 Å². The van der Waals surface area contributed by atoms with E-state index in [4.69, 9.17) is 15.0 Å². The second-order valence-electron chi connectivity index (χ2n) is 4.73. The molecule has 0 amide bonds. The Labute approximate surface area is 126 Å². The van der Waals surface area contributed by atoms with Gasteiger partial charge < -0.3 is 14.2 Å². The lowest BCUT2D eigenvalue weighted by molar-refractivity contribution is -0.235. The summed E-state index contributed by atoms with van der Waals surface area (Å²) in [5, 5.41) is 3.51. The smallest absolute Gasteiger partial charge is 0.339 e. The zero-order valence-electron chi connectivity index (χ0n) is 12.1. The monoisotopic (exact) mass is 305 g/mol. The van der Waals surface area contributed by atoms with Crippen molar-refractivity contribution in [2.45, 2.75) is 31.3 Å². The largest absolute Gasteiger partial charge is 0.467 e. The first kappa shape index (κ1) is 15.8. The number of benzene rings is 1. The highest BCUT2D eigenvalue weighted by Gasteiger charge is 2.52. The fourth-order valence-electron chi connectivity index (χ4n) is 2.14. The first-order valence-corrected chi connectivity index (χ1v) is 6.62. The maximum atomic E-state index is 12.1. The van der Waals surface area contributed by atoms with Crippen LogP contribution in [0.3, 0.4) is 0 Å². The minimum absolute atomic E-state index is 0.355. The fourth-order valence-corrected chi connectivity index (χ4v) is 2.14. The van der Waals surface area contributed by atoms with Crippen molar-refractivity contribution in [3.8, 4) is 0 Å². The molecule has 4 atom stereocenters. The van der Waals surface area contributed by atoms with Gasteiger partial charge in [0.05, 0.1) is 18.7 Å². The lowest BCUT2D eigenvalue weighted by atomic mass is 9.95. The Bertz CT molecular complexity index is 600. The minimum atomic E-state index is -1.01. The predicted octanol–water partition coefficient (Wildman–Crippen LogP) is 1.85. The molecule has 2 rings (SSSR count). The van der Waals surface area contributed by atoms with E-state index in [9.17, 15) is 9.59 Å². The third kappa shape index (κ3) is 3.19. The van der Waals surface area contributed by atoms with Crippen LogP contribution in [0, 0.1) is 0 Å². The van der Waals surface area contributed by atoms with Crippen LogP contribution < -0.4 is 0 Å². The number of esters is 2. The Morgan fingerprint density at radius 2 is 2.05 bits per heavy atom. The normalized spacial score (nSPS) is 24.4. The standard InChI is InChI=1S/C14H15N3O5/c1-8(16-17-15)10-11(12(21-10)14(19)20-2)22-13(18)9-6-4-3-5-7-9/h3-8,10-12H,1-2H3/t8-,10-,11+,12+/m0/s1. The van der Waals surface area contributed by atoms with Crippen molar-refractivity contribution in [2.75, 3.05) is 7.11 Å². The van der Waals surface area contributed by atoms with E-state index in [0.29, 0.717) is 5.56 Å². The van der Waals surface area contributed by atoms with Crippen LogP contribution in [0.5, 0.6) is 0 Å². The molecule has 1 aromatic carbocycles. The van der Waals surface area contributed by atoms with Gasteiger partial charge in [0, 0.05) is 4.91 Å². The third-order valence-corrected chi connectivity index (χ3v) is 3.32. The van der Waals surface area contributed by atoms with Gasteiger partial charge in [-0.15, -0.1) is 0 Å². The summed E-state index contributed by atoms with van der Waals surface area (Å²) >= 11 is 0. The van der Waals surface area contributed by atoms with Crippen LogP contribution in [-0.2, 0) is 19.0 Å². The topological polar surface area (TPSA) is 111 Å². The summed E-state index contributed by atoms with van der Waals surface area (Å²) in [7, 11) is 1.21. The van der Waals surface area contributed by atoms with Crippen molar-refractivity contribution < 1.29 is 23.8 Å². The Kier molecular flexibility index (Phi) is 4.98. The summed E-state index contributed by atoms with van der Waals surface area (Å²) in [6, 6.07) is 7.78. The molecule has 116 valence electrons. The average molecular weight is 305 g/mol. The molecule has 0 N–H and O–H groups in total. The fraction of sp³-hybridized carbons (Fsp3) is 0.429. The van der Waals surface area contributed by atoms with E-state index < -0.39 is 36.3 Å². The number of azide groups is 1. The summed E-state index contributed by atoms with van der Waals surface area (Å²) in [5.41, 5.74) is 8.83. The highest BCUT2D eigenvalue weighted by molar-refractivity contribution is 5.90. The van der Waals surface area contributed by atoms with E-state index in [1.54, 1.807) is 37.3 Å². The predicted molar refractivity (Wildman–Crippen MR) is 74.9 cm³/mol. The zero-order chi connectivity index (χ0) is 16.1. The molecule has 0 aliphatic carbocycles. The van der Waals surface area contributed by atoms with Crippen molar-refractivity contribution >= 4 is 11.9 Å². The highest BCUT2D eigenvalue weighted by atomic mass is 16.6. The molecule has 8 heteroatoms. The van der Waals surface area contributed by atoms with Crippen molar-refractivity contribution in [3.63, 3.8) is 0 Å². The van der Waals surface area contributed by atoms with Crippen LogP contribution in [0.1, 0.15) is 17.3 Å². The first-order valence-electron chi connectivity index (χ1n) is 6.62. The van der Waals surface area contributed by atoms with Gasteiger partial charge >= 0.3 is 11.9 Å². The first-order chi connectivity index (χ1) is 10.6. The number of carbonyl (C=O) groups is 2. The molecule has 1 fully saturated rings. The Morgan fingerprint density at radius 1 is 1.36 bits per heavy atom. The van der Waals surface area contributed by atoms with Crippen LogP contribution in [0.25, 0.3) is 10.4 Å². The van der Waals surface area contributed by atoms with Crippen LogP contribution in [0.4, 0.5) is 0 Å². The molecule has 0 aromatic heterocycles. The second-order valence-corrected chi connectivity index (χ2v) is 4.73. The number of rotatable bonds is 5. The molecule has 1 heterocycles. The van der Waals surface area contributed by atoms with Crippen LogP contribution in [0.2, 0.25) is 0 Å². The number of hydrogen-bond acceptors (Lipinski definition) is 6. The van der Waals surface area contributed by atoms with Gasteiger partial charge in [0.1, 0.15) is 6.10 Å². The van der Waals surface area contributed by atoms with Crippen LogP contribution in [-0.4, -0.2) is 43.4 Å². The van der Waals surface area contributed by atoms with E-state index in [1.807, 2.05) is 0 Å². The molecule has 0 saturated carbocycles. The maximum absolute atomic E-state index is 12.1. The second kappa shape index (κ2) is 6.93. The maximum Gasteiger partial charge on any atom is 0.339 e. The van der Waals surface area contributed by atoms with E-state index in [2.05, 4.69) is 14.8 Å². The van der Waals surface area contributed by atoms with Crippen molar-refractivity contribution in [2.24, 2.45) is 5.11 Å². The summed E-state index contributed by atoms with van der Waals surface area (Å²) in [5.74, 6) is -1.23. The van der Waals surface area contributed by atoms with Crippen molar-refractivity contribution in [3.05, 3.63) is 46.3 Å². The number of carbonyl (C=O) groups excluding carboxylic acids is 2. The highest BCUT2D eigenvalue weighted by Crippen LogP contribution is 2.30. The van der Waals surface area contributed by atoms with E-state index >= 15 is 0 Å². The molecule has 1 aliphatic heterocycles. The summed E-state index contributed by atoms with van der Waals surface area (Å²) in [6.45, 7) is 1.61. The van der Waals surface area contributed by atoms with Gasteiger partial charge in [-0.25, -0.2) is 9.59 Å². The lowest BCUT2D eigenvalue weighted by Gasteiger charge is -2.43. The molecule has 0 unspecified atom stereocenters. The van der Waals surface area contributed by atoms with Crippen LogP contribution in [0.15, 0.2) is 35.4 Å². The SMILES string of the molecule is COC(=O)[C@@H]1O[C@@H]([C@H](C)N=[N+]=[N-])[C@H]1OC(=O)c1ccccc1. The minimum Gasteiger partial charge on any atom is -0.467 e. The molecule has 0 radical (unpaired) electrons. The van der Waals surface area contributed by atoms with Crippen molar-refractivity contribution in [1.29, 1.82) is 0 Å². The van der Waals surface area contributed by atoms with Gasteiger partial charge in [-0.2, -0.15) is 0 Å². The quantitative estimate of drug-likeness (QED) is 0.357. The number of ether oxygens (including phenoxy) is 3. The van der Waals surface area contributed by atoms with Gasteiger partial charge in [-0.05, 0) is 17.7 Å². The Balaban J connectivity index is 2.12. The third-order valence-electron chi connectivity index (χ3n) is 3.32. The Hall–Kier alpha value is -2.57. The van der Waals surface area contributed by atoms with Gasteiger partial charge in [-0.1, -0.05) is 30.2 Å². The molecule has 22 heavy (non-hydrogen) atoms. The molecule has 0 bridgehead atoms. The van der Waals surface area contributed by atoms with Crippen LogP contribution >= 0.6 is 0 Å². The summed E-state index contributed by atoms with van der Waals surface area (Å²) < 4.78 is 15.3. The molecular formula is C14H15N3O5. The molecular weight excluding hydrogens is 290 g/mol. The lowest BCUT2D eigenvalue weighted by Crippen LogP contribution is -2.63. The molecule has 1 aliphatic rings. The van der Waals surface area contributed by atoms with E-state index in [1.165, 1.54) is 7.11 Å². The molecule has 8 nitrogen and oxygen atoms in total. The number of methoxy groups -OCH3 is 1. The van der Waals surface area contributed by atoms with Crippen molar-refractivity contribution in [1.82, 2.24) is 0 Å². The number of hydrogen-bond donors (Lipinski definition) is 0. The van der Waals surface area contributed by atoms with E-state index in [0.717, 1.165) is 0 Å². The van der Waals surface area contributed by atoms with Gasteiger partial charge in [0.15, 0.2) is 12.2 Å². The summed E-state index contributed by atoms with van der Waals surface area (Å²) in [4.78, 5) is 26.4. The molecule has 1 saturated heterocycles. The van der Waals surface area contributed by atoms with E-state index in [-0.39, 0.29) is 0 Å². The average Bonchev–Trinajstić information content (AvgIpc) is 2.52. The zero-order valence-corrected chi connectivity index (χ0v) is 12.1. The summed E-state index contributed by atoms with van der Waals surface area (Å²) in [6.07, 6.45) is -2.56. The van der Waals surface area contributed by atoms with Gasteiger partial charge in [-0.3, -0.25) is 0 Å². The molecule has 0 spiro atoms. The van der Waals surface area contributed by atoms with Gasteiger partial charge in [0.25, 0.3) is 0 Å². The Morgan fingerprint density at radius 3 is 2.64 bits per heavy atom. The number of nitrogens with zero attached hydrogens (tertiary/aromatic N) is 3.